The summed E-state index contributed by atoms with van der Waals surface area (Å²) in [5.41, 5.74) is 0. The van der Waals surface area contributed by atoms with Crippen molar-refractivity contribution in [3.8, 4) is 6.07 Å². The number of hydrogen-bond donors (Lipinski definition) is 1. The van der Waals surface area contributed by atoms with E-state index in [9.17, 15) is 0 Å². The highest BCUT2D eigenvalue weighted by molar-refractivity contribution is 4.93. The first-order valence-electron chi connectivity index (χ1n) is 4.62. The van der Waals surface area contributed by atoms with Gasteiger partial charge in [-0.05, 0) is 13.8 Å². The number of aryl methyl sites for hydroxylation is 1. The minimum Gasteiger partial charge on any atom is -0.319 e. The normalized spacial score (nSPS) is 14.7. The topological polar surface area (TPSA) is 66.5 Å². The van der Waals surface area contributed by atoms with Gasteiger partial charge in [-0.1, -0.05) is 0 Å². The summed E-state index contributed by atoms with van der Waals surface area (Å²) in [6.45, 7) is 3.99. The molecule has 0 radical (unpaired) electrons. The molecule has 1 aromatic heterocycles. The van der Waals surface area contributed by atoms with Gasteiger partial charge >= 0.3 is 0 Å². The van der Waals surface area contributed by atoms with Gasteiger partial charge in [-0.3, -0.25) is 0 Å². The van der Waals surface area contributed by atoms with Crippen molar-refractivity contribution in [1.29, 1.82) is 5.26 Å². The zero-order valence-electron chi connectivity index (χ0n) is 8.73. The van der Waals surface area contributed by atoms with Crippen LogP contribution in [0.3, 0.4) is 0 Å². The molecule has 76 valence electrons. The maximum atomic E-state index is 8.51. The minimum absolute atomic E-state index is 0.117. The fourth-order valence-corrected chi connectivity index (χ4v) is 1.38. The summed E-state index contributed by atoms with van der Waals surface area (Å²) in [5.74, 6) is 0.884. The van der Waals surface area contributed by atoms with Gasteiger partial charge in [0.05, 0.1) is 18.5 Å². The molecule has 0 amide bonds. The molecule has 5 nitrogen and oxygen atoms in total. The Morgan fingerprint density at radius 1 is 1.64 bits per heavy atom. The van der Waals surface area contributed by atoms with E-state index in [1.54, 1.807) is 6.33 Å². The standard InChI is InChI=1S/C9H15N5/c1-7(4-5-10)12-8(2)9-13-11-6-14(9)3/h6-8,12H,4H2,1-3H3. The molecule has 0 spiro atoms. The first-order valence-corrected chi connectivity index (χ1v) is 4.62. The highest BCUT2D eigenvalue weighted by atomic mass is 15.3. The molecule has 2 unspecified atom stereocenters. The quantitative estimate of drug-likeness (QED) is 0.767. The van der Waals surface area contributed by atoms with Crippen LogP contribution in [0.1, 0.15) is 32.1 Å². The summed E-state index contributed by atoms with van der Waals surface area (Å²) in [6, 6.07) is 2.42. The van der Waals surface area contributed by atoms with E-state index >= 15 is 0 Å². The maximum Gasteiger partial charge on any atom is 0.149 e. The summed E-state index contributed by atoms with van der Waals surface area (Å²) in [7, 11) is 1.91. The lowest BCUT2D eigenvalue weighted by Gasteiger charge is -2.16. The molecule has 0 fully saturated rings. The molecule has 2 atom stereocenters. The van der Waals surface area contributed by atoms with Crippen molar-refractivity contribution in [1.82, 2.24) is 20.1 Å². The van der Waals surface area contributed by atoms with Crippen LogP contribution in [0.5, 0.6) is 0 Å². The first kappa shape index (κ1) is 10.7. The van der Waals surface area contributed by atoms with Crippen molar-refractivity contribution >= 4 is 0 Å². The van der Waals surface area contributed by atoms with Gasteiger partial charge < -0.3 is 9.88 Å². The van der Waals surface area contributed by atoms with E-state index in [0.29, 0.717) is 6.42 Å². The van der Waals surface area contributed by atoms with Crippen molar-refractivity contribution in [3.05, 3.63) is 12.2 Å². The number of rotatable bonds is 4. The van der Waals surface area contributed by atoms with E-state index < -0.39 is 0 Å². The average Bonchev–Trinajstić information content (AvgIpc) is 2.51. The van der Waals surface area contributed by atoms with Crippen molar-refractivity contribution in [3.63, 3.8) is 0 Å². The molecule has 5 heteroatoms. The summed E-state index contributed by atoms with van der Waals surface area (Å²) in [6.07, 6.45) is 2.17. The molecule has 1 aromatic rings. The Morgan fingerprint density at radius 3 is 2.86 bits per heavy atom. The number of aromatic nitrogens is 3. The molecule has 0 bridgehead atoms. The summed E-state index contributed by atoms with van der Waals surface area (Å²) >= 11 is 0. The lowest BCUT2D eigenvalue weighted by atomic mass is 10.2. The molecule has 1 N–H and O–H groups in total. The van der Waals surface area contributed by atoms with Crippen LogP contribution in [0.2, 0.25) is 0 Å². The fourth-order valence-electron chi connectivity index (χ4n) is 1.38. The number of nitriles is 1. The van der Waals surface area contributed by atoms with Crippen molar-refractivity contribution in [2.45, 2.75) is 32.4 Å². The van der Waals surface area contributed by atoms with Gasteiger partial charge in [-0.15, -0.1) is 10.2 Å². The molecule has 0 saturated carbocycles. The largest absolute Gasteiger partial charge is 0.319 e. The molecule has 0 aliphatic heterocycles. The third-order valence-electron chi connectivity index (χ3n) is 2.07. The predicted octanol–water partition coefficient (Wildman–Crippen LogP) is 0.768. The zero-order chi connectivity index (χ0) is 10.6. The highest BCUT2D eigenvalue weighted by Crippen LogP contribution is 2.08. The number of hydrogen-bond acceptors (Lipinski definition) is 4. The Hall–Kier alpha value is -1.41. The van der Waals surface area contributed by atoms with Gasteiger partial charge in [0.2, 0.25) is 0 Å². The molecule has 14 heavy (non-hydrogen) atoms. The molecular formula is C9H15N5. The fraction of sp³-hybridized carbons (Fsp3) is 0.667. The predicted molar refractivity (Wildman–Crippen MR) is 52.2 cm³/mol. The lowest BCUT2D eigenvalue weighted by molar-refractivity contribution is 0.459. The molecule has 0 aliphatic rings. The van der Waals surface area contributed by atoms with Gasteiger partial charge in [0.15, 0.2) is 0 Å². The Kier molecular flexibility index (Phi) is 3.60. The summed E-state index contributed by atoms with van der Waals surface area (Å²) in [5, 5.41) is 19.6. The molecule has 0 saturated heterocycles. The van der Waals surface area contributed by atoms with Gasteiger partial charge in [0.1, 0.15) is 12.2 Å². The number of nitrogens with one attached hydrogen (secondary N) is 1. The smallest absolute Gasteiger partial charge is 0.149 e. The molecular weight excluding hydrogens is 178 g/mol. The SMILES string of the molecule is CC(CC#N)NC(C)c1nncn1C. The molecule has 1 heterocycles. The minimum atomic E-state index is 0.117. The average molecular weight is 193 g/mol. The van der Waals surface area contributed by atoms with Gasteiger partial charge in [0, 0.05) is 13.1 Å². The van der Waals surface area contributed by atoms with Crippen molar-refractivity contribution in [2.75, 3.05) is 0 Å². The van der Waals surface area contributed by atoms with Crippen LogP contribution >= 0.6 is 0 Å². The molecule has 1 rings (SSSR count). The Labute approximate surface area is 83.8 Å². The summed E-state index contributed by atoms with van der Waals surface area (Å²) in [4.78, 5) is 0. The third kappa shape index (κ3) is 2.54. The van der Waals surface area contributed by atoms with E-state index in [-0.39, 0.29) is 12.1 Å². The van der Waals surface area contributed by atoms with Crippen LogP contribution in [0.25, 0.3) is 0 Å². The lowest BCUT2D eigenvalue weighted by Crippen LogP contribution is -2.30. The highest BCUT2D eigenvalue weighted by Gasteiger charge is 2.13. The first-order chi connectivity index (χ1) is 6.65. The molecule has 0 aromatic carbocycles. The summed E-state index contributed by atoms with van der Waals surface area (Å²) < 4.78 is 1.87. The van der Waals surface area contributed by atoms with E-state index in [0.717, 1.165) is 5.82 Å². The maximum absolute atomic E-state index is 8.51. The number of nitrogens with zero attached hydrogens (tertiary/aromatic N) is 4. The Bertz CT molecular complexity index is 324. The van der Waals surface area contributed by atoms with Crippen LogP contribution in [0, 0.1) is 11.3 Å². The van der Waals surface area contributed by atoms with Crippen LogP contribution in [-0.4, -0.2) is 20.8 Å². The van der Waals surface area contributed by atoms with Crippen LogP contribution in [-0.2, 0) is 7.05 Å². The Balaban J connectivity index is 2.55. The monoisotopic (exact) mass is 193 g/mol. The van der Waals surface area contributed by atoms with Gasteiger partial charge in [0.25, 0.3) is 0 Å². The van der Waals surface area contributed by atoms with E-state index in [1.807, 2.05) is 25.5 Å². The molecule has 0 aliphatic carbocycles. The second-order valence-corrected chi connectivity index (χ2v) is 3.45. The van der Waals surface area contributed by atoms with Crippen LogP contribution in [0.15, 0.2) is 6.33 Å². The second-order valence-electron chi connectivity index (χ2n) is 3.45. The van der Waals surface area contributed by atoms with Crippen LogP contribution in [0.4, 0.5) is 0 Å². The van der Waals surface area contributed by atoms with Crippen molar-refractivity contribution < 1.29 is 0 Å². The second kappa shape index (κ2) is 4.72. The van der Waals surface area contributed by atoms with Gasteiger partial charge in [-0.2, -0.15) is 5.26 Å². The van der Waals surface area contributed by atoms with Crippen molar-refractivity contribution in [2.24, 2.45) is 7.05 Å². The van der Waals surface area contributed by atoms with E-state index in [4.69, 9.17) is 5.26 Å². The van der Waals surface area contributed by atoms with E-state index in [2.05, 4.69) is 21.6 Å². The Morgan fingerprint density at radius 2 is 2.36 bits per heavy atom. The zero-order valence-corrected chi connectivity index (χ0v) is 8.73. The van der Waals surface area contributed by atoms with E-state index in [1.165, 1.54) is 0 Å². The van der Waals surface area contributed by atoms with Crippen LogP contribution < -0.4 is 5.32 Å². The van der Waals surface area contributed by atoms with Gasteiger partial charge in [-0.25, -0.2) is 0 Å². The third-order valence-corrected chi connectivity index (χ3v) is 2.07.